The zero-order valence-electron chi connectivity index (χ0n) is 14.9. The summed E-state index contributed by atoms with van der Waals surface area (Å²) in [5.41, 5.74) is 6.04. The number of H-pyrrole nitrogens is 1. The molecule has 3 aromatic rings. The molecular formula is C20H23N5O. The van der Waals surface area contributed by atoms with Gasteiger partial charge in [0.25, 0.3) is 0 Å². The van der Waals surface area contributed by atoms with Crippen LogP contribution in [0.15, 0.2) is 36.8 Å². The van der Waals surface area contributed by atoms with Crippen LogP contribution in [0.5, 0.6) is 5.75 Å². The number of hydrogen-bond donors (Lipinski definition) is 2. The molecule has 134 valence electrons. The summed E-state index contributed by atoms with van der Waals surface area (Å²) in [5.74, 6) is 0.965. The van der Waals surface area contributed by atoms with Gasteiger partial charge < -0.3 is 10.1 Å². The Balaban J connectivity index is 1.53. The van der Waals surface area contributed by atoms with Crippen LogP contribution >= 0.6 is 0 Å². The van der Waals surface area contributed by atoms with Crippen LogP contribution in [0.4, 0.5) is 0 Å². The minimum absolute atomic E-state index is 0.0457. The Hall–Kier alpha value is -2.60. The summed E-state index contributed by atoms with van der Waals surface area (Å²) in [5, 5.41) is 14.5. The molecule has 2 aliphatic rings. The number of aryl methyl sites for hydroxylation is 1. The molecule has 6 heteroatoms. The van der Waals surface area contributed by atoms with Gasteiger partial charge in [-0.2, -0.15) is 5.10 Å². The normalized spacial score (nSPS) is 20.3. The molecule has 1 aliphatic carbocycles. The number of benzene rings is 1. The van der Waals surface area contributed by atoms with Gasteiger partial charge in [-0.3, -0.25) is 9.58 Å². The summed E-state index contributed by atoms with van der Waals surface area (Å²) < 4.78 is 2.04. The fraction of sp³-hybridized carbons (Fsp3) is 0.400. The molecule has 1 atom stereocenters. The van der Waals surface area contributed by atoms with Crippen molar-refractivity contribution in [2.75, 3.05) is 6.54 Å². The van der Waals surface area contributed by atoms with Crippen molar-refractivity contribution < 1.29 is 5.11 Å². The fourth-order valence-corrected chi connectivity index (χ4v) is 4.28. The highest BCUT2D eigenvalue weighted by Gasteiger charge is 2.34. The molecule has 5 rings (SSSR count). The Bertz CT molecular complexity index is 939. The third-order valence-corrected chi connectivity index (χ3v) is 5.61. The Morgan fingerprint density at radius 1 is 1.31 bits per heavy atom. The third-order valence-electron chi connectivity index (χ3n) is 5.61. The van der Waals surface area contributed by atoms with E-state index in [1.165, 1.54) is 29.8 Å². The minimum atomic E-state index is 0.0457. The number of phenols is 1. The van der Waals surface area contributed by atoms with Gasteiger partial charge in [0.1, 0.15) is 5.75 Å². The number of hydrogen-bond acceptors (Lipinski definition) is 4. The van der Waals surface area contributed by atoms with Crippen molar-refractivity contribution in [1.29, 1.82) is 0 Å². The first-order valence-corrected chi connectivity index (χ1v) is 9.26. The Kier molecular flexibility index (Phi) is 3.60. The van der Waals surface area contributed by atoms with Gasteiger partial charge in [-0.1, -0.05) is 12.1 Å². The number of aromatic amines is 1. The molecule has 2 aromatic heterocycles. The number of aromatic nitrogens is 4. The van der Waals surface area contributed by atoms with Gasteiger partial charge in [0.15, 0.2) is 0 Å². The van der Waals surface area contributed by atoms with E-state index in [2.05, 4.69) is 26.0 Å². The number of imidazole rings is 1. The smallest absolute Gasteiger partial charge is 0.115 e. The molecule has 1 fully saturated rings. The quantitative estimate of drug-likeness (QED) is 0.760. The lowest BCUT2D eigenvalue weighted by Gasteiger charge is -2.35. The number of nitrogens with zero attached hydrogens (tertiary/aromatic N) is 4. The Labute approximate surface area is 152 Å². The average molecular weight is 349 g/mol. The van der Waals surface area contributed by atoms with E-state index in [0.717, 1.165) is 30.8 Å². The average Bonchev–Trinajstić information content (AvgIpc) is 3.23. The zero-order chi connectivity index (χ0) is 17.7. The second-order valence-electron chi connectivity index (χ2n) is 7.44. The van der Waals surface area contributed by atoms with Crippen LogP contribution < -0.4 is 0 Å². The molecule has 1 aliphatic heterocycles. The molecule has 0 spiro atoms. The van der Waals surface area contributed by atoms with Gasteiger partial charge in [-0.25, -0.2) is 4.98 Å². The third kappa shape index (κ3) is 2.61. The molecule has 3 heterocycles. The van der Waals surface area contributed by atoms with Crippen molar-refractivity contribution in [3.8, 4) is 5.75 Å². The molecule has 1 saturated carbocycles. The van der Waals surface area contributed by atoms with E-state index in [9.17, 15) is 5.11 Å². The van der Waals surface area contributed by atoms with E-state index in [0.29, 0.717) is 11.7 Å². The van der Waals surface area contributed by atoms with Crippen molar-refractivity contribution in [1.82, 2.24) is 24.6 Å². The van der Waals surface area contributed by atoms with E-state index in [-0.39, 0.29) is 6.04 Å². The van der Waals surface area contributed by atoms with Crippen molar-refractivity contribution in [3.63, 3.8) is 0 Å². The number of nitrogens with one attached hydrogen (secondary N) is 1. The Morgan fingerprint density at radius 3 is 3.00 bits per heavy atom. The number of phenolic OH excluding ortho intramolecular Hbond substituents is 1. The topological polar surface area (TPSA) is 70.0 Å². The number of fused-ring (bicyclic) bond motifs is 1. The largest absolute Gasteiger partial charge is 0.508 e. The van der Waals surface area contributed by atoms with Gasteiger partial charge in [0.05, 0.1) is 24.3 Å². The molecule has 2 N–H and O–H groups in total. The van der Waals surface area contributed by atoms with Crippen LogP contribution in [-0.2, 0) is 20.0 Å². The lowest BCUT2D eigenvalue weighted by molar-refractivity contribution is 0.199. The zero-order valence-corrected chi connectivity index (χ0v) is 14.9. The molecule has 26 heavy (non-hydrogen) atoms. The second kappa shape index (κ2) is 5.99. The first-order valence-electron chi connectivity index (χ1n) is 9.26. The van der Waals surface area contributed by atoms with E-state index < -0.39 is 0 Å². The summed E-state index contributed by atoms with van der Waals surface area (Å²) in [4.78, 5) is 10.4. The van der Waals surface area contributed by atoms with Crippen molar-refractivity contribution in [2.24, 2.45) is 7.05 Å². The number of aromatic hydroxyl groups is 1. The fourth-order valence-electron chi connectivity index (χ4n) is 4.28. The standard InChI is InChI=1S/C20H23N5O/c1-24-19(13-5-6-13)15(10-23-24)11-25-8-7-17-18(22-12-21-17)20(25)14-3-2-4-16(26)9-14/h2-4,9-10,12-13,20,26H,5-8,11H2,1H3,(H,21,22)/t20-/m0/s1. The van der Waals surface area contributed by atoms with Gasteiger partial charge in [-0.05, 0) is 30.5 Å². The van der Waals surface area contributed by atoms with Crippen LogP contribution in [-0.4, -0.2) is 36.3 Å². The Morgan fingerprint density at radius 2 is 2.19 bits per heavy atom. The maximum atomic E-state index is 9.99. The van der Waals surface area contributed by atoms with Gasteiger partial charge in [0, 0.05) is 49.4 Å². The highest BCUT2D eigenvalue weighted by Crippen LogP contribution is 2.42. The van der Waals surface area contributed by atoms with Crippen LogP contribution in [0, 0.1) is 0 Å². The first kappa shape index (κ1) is 15.6. The summed E-state index contributed by atoms with van der Waals surface area (Å²) in [6.45, 7) is 1.81. The van der Waals surface area contributed by atoms with Gasteiger partial charge in [-0.15, -0.1) is 0 Å². The molecule has 0 amide bonds. The van der Waals surface area contributed by atoms with Gasteiger partial charge in [0.2, 0.25) is 0 Å². The van der Waals surface area contributed by atoms with E-state index >= 15 is 0 Å². The molecule has 6 nitrogen and oxygen atoms in total. The predicted molar refractivity (Wildman–Crippen MR) is 97.8 cm³/mol. The summed E-state index contributed by atoms with van der Waals surface area (Å²) in [7, 11) is 2.05. The maximum absolute atomic E-state index is 9.99. The molecule has 0 saturated heterocycles. The van der Waals surface area contributed by atoms with E-state index in [1.54, 1.807) is 12.4 Å². The summed E-state index contributed by atoms with van der Waals surface area (Å²) in [6.07, 6.45) is 7.30. The van der Waals surface area contributed by atoms with E-state index in [1.807, 2.05) is 30.1 Å². The van der Waals surface area contributed by atoms with Crippen LogP contribution in [0.1, 0.15) is 53.0 Å². The monoisotopic (exact) mass is 349 g/mol. The molecular weight excluding hydrogens is 326 g/mol. The van der Waals surface area contributed by atoms with Crippen LogP contribution in [0.25, 0.3) is 0 Å². The molecule has 0 bridgehead atoms. The lowest BCUT2D eigenvalue weighted by Crippen LogP contribution is -2.36. The highest BCUT2D eigenvalue weighted by atomic mass is 16.3. The SMILES string of the molecule is Cn1ncc(CN2CCc3[nH]cnc3[C@@H]2c2cccc(O)c2)c1C1CC1. The summed E-state index contributed by atoms with van der Waals surface area (Å²) in [6, 6.07) is 7.60. The predicted octanol–water partition coefficient (Wildman–Crippen LogP) is 2.87. The van der Waals surface area contributed by atoms with Crippen molar-refractivity contribution >= 4 is 0 Å². The van der Waals surface area contributed by atoms with Gasteiger partial charge >= 0.3 is 0 Å². The van der Waals surface area contributed by atoms with Crippen LogP contribution in [0.3, 0.4) is 0 Å². The van der Waals surface area contributed by atoms with Crippen molar-refractivity contribution in [2.45, 2.75) is 37.8 Å². The molecule has 0 unspecified atom stereocenters. The minimum Gasteiger partial charge on any atom is -0.508 e. The first-order chi connectivity index (χ1) is 12.7. The highest BCUT2D eigenvalue weighted by molar-refractivity contribution is 5.37. The molecule has 1 aromatic carbocycles. The van der Waals surface area contributed by atoms with Crippen LogP contribution in [0.2, 0.25) is 0 Å². The number of rotatable bonds is 4. The lowest BCUT2D eigenvalue weighted by atomic mass is 9.94. The van der Waals surface area contributed by atoms with E-state index in [4.69, 9.17) is 0 Å². The molecule has 0 radical (unpaired) electrons. The maximum Gasteiger partial charge on any atom is 0.115 e. The second-order valence-corrected chi connectivity index (χ2v) is 7.44. The van der Waals surface area contributed by atoms with Crippen molar-refractivity contribution in [3.05, 3.63) is 65.0 Å². The summed E-state index contributed by atoms with van der Waals surface area (Å²) >= 11 is 0.